The van der Waals surface area contributed by atoms with Gasteiger partial charge in [0, 0.05) is 32.8 Å². The van der Waals surface area contributed by atoms with Gasteiger partial charge in [0.25, 0.3) is 0 Å². The first-order valence-electron chi connectivity index (χ1n) is 5.86. The predicted octanol–water partition coefficient (Wildman–Crippen LogP) is 1.18. The van der Waals surface area contributed by atoms with Crippen LogP contribution in [0.2, 0.25) is 0 Å². The molecule has 0 amide bonds. The van der Waals surface area contributed by atoms with Crippen molar-refractivity contribution in [2.24, 2.45) is 5.73 Å². The molecular weight excluding hydrogens is 208 g/mol. The number of ether oxygens (including phenoxy) is 1. The Labute approximate surface area is 97.7 Å². The number of nitrogens with zero attached hydrogens (tertiary/aromatic N) is 1. The van der Waals surface area contributed by atoms with Crippen LogP contribution in [0.1, 0.15) is 19.8 Å². The highest BCUT2D eigenvalue weighted by Gasteiger charge is 2.26. The average Bonchev–Trinajstić information content (AvgIpc) is 2.73. The van der Waals surface area contributed by atoms with Crippen molar-refractivity contribution < 1.29 is 4.74 Å². The van der Waals surface area contributed by atoms with E-state index in [0.29, 0.717) is 12.1 Å². The van der Waals surface area contributed by atoms with Gasteiger partial charge in [-0.25, -0.2) is 0 Å². The minimum Gasteiger partial charge on any atom is -0.380 e. The molecule has 0 spiro atoms. The second kappa shape index (κ2) is 7.49. The van der Waals surface area contributed by atoms with E-state index >= 15 is 0 Å². The van der Waals surface area contributed by atoms with Crippen LogP contribution in [0.15, 0.2) is 0 Å². The van der Waals surface area contributed by atoms with Crippen molar-refractivity contribution >= 4 is 11.8 Å². The van der Waals surface area contributed by atoms with Gasteiger partial charge in [-0.15, -0.1) is 0 Å². The molecule has 0 radical (unpaired) electrons. The van der Waals surface area contributed by atoms with E-state index in [2.05, 4.69) is 11.8 Å². The van der Waals surface area contributed by atoms with Crippen molar-refractivity contribution in [2.45, 2.75) is 31.9 Å². The lowest BCUT2D eigenvalue weighted by Gasteiger charge is -2.26. The first-order chi connectivity index (χ1) is 7.31. The summed E-state index contributed by atoms with van der Waals surface area (Å²) >= 11 is 2.00. The van der Waals surface area contributed by atoms with Gasteiger partial charge in [0.15, 0.2) is 0 Å². The minimum atomic E-state index is 0.429. The summed E-state index contributed by atoms with van der Waals surface area (Å²) in [6, 6.07) is 0.559. The number of hydrogen-bond donors (Lipinski definition) is 1. The van der Waals surface area contributed by atoms with Crippen LogP contribution < -0.4 is 5.73 Å². The van der Waals surface area contributed by atoms with E-state index in [1.54, 1.807) is 7.11 Å². The van der Waals surface area contributed by atoms with Crippen LogP contribution in [0.3, 0.4) is 0 Å². The molecule has 0 saturated carbocycles. The summed E-state index contributed by atoms with van der Waals surface area (Å²) < 4.78 is 5.37. The monoisotopic (exact) mass is 232 g/mol. The first kappa shape index (κ1) is 13.3. The number of methoxy groups -OCH3 is 1. The molecule has 0 aromatic rings. The lowest BCUT2D eigenvalue weighted by atomic mass is 10.2. The Hall–Kier alpha value is 0.230. The molecule has 0 aromatic carbocycles. The Morgan fingerprint density at radius 3 is 2.93 bits per heavy atom. The largest absolute Gasteiger partial charge is 0.380 e. The van der Waals surface area contributed by atoms with Crippen LogP contribution in [-0.2, 0) is 4.74 Å². The van der Waals surface area contributed by atoms with E-state index in [1.165, 1.54) is 17.9 Å². The van der Waals surface area contributed by atoms with Gasteiger partial charge >= 0.3 is 0 Å². The van der Waals surface area contributed by atoms with Crippen molar-refractivity contribution in [2.75, 3.05) is 38.2 Å². The number of nitrogens with two attached hydrogens (primary N) is 1. The third-order valence-electron chi connectivity index (χ3n) is 3.10. The van der Waals surface area contributed by atoms with E-state index in [0.717, 1.165) is 26.1 Å². The second-order valence-corrected chi connectivity index (χ2v) is 5.41. The molecule has 0 aliphatic carbocycles. The summed E-state index contributed by atoms with van der Waals surface area (Å²) in [6.45, 7) is 5.20. The van der Waals surface area contributed by atoms with Crippen LogP contribution in [0.4, 0.5) is 0 Å². The molecule has 4 heteroatoms. The molecule has 0 aromatic heterocycles. The van der Waals surface area contributed by atoms with Crippen LogP contribution in [0, 0.1) is 0 Å². The first-order valence-corrected chi connectivity index (χ1v) is 7.02. The molecule has 1 aliphatic rings. The number of rotatable bonds is 7. The van der Waals surface area contributed by atoms with Crippen LogP contribution in [0.5, 0.6) is 0 Å². The molecule has 90 valence electrons. The molecule has 0 bridgehead atoms. The number of hydrogen-bond acceptors (Lipinski definition) is 4. The lowest BCUT2D eigenvalue weighted by Crippen LogP contribution is -2.40. The van der Waals surface area contributed by atoms with Crippen molar-refractivity contribution in [3.63, 3.8) is 0 Å². The van der Waals surface area contributed by atoms with Gasteiger partial charge in [-0.1, -0.05) is 6.92 Å². The van der Waals surface area contributed by atoms with Gasteiger partial charge in [0.1, 0.15) is 0 Å². The Morgan fingerprint density at radius 2 is 2.40 bits per heavy atom. The summed E-state index contributed by atoms with van der Waals surface area (Å²) in [5.74, 6) is 2.44. The fourth-order valence-corrected chi connectivity index (χ4v) is 2.82. The smallest absolute Gasteiger partial charge is 0.0710 e. The quantitative estimate of drug-likeness (QED) is 0.669. The van der Waals surface area contributed by atoms with Crippen molar-refractivity contribution in [3.05, 3.63) is 0 Å². The fraction of sp³-hybridized carbons (Fsp3) is 1.00. The fourth-order valence-electron chi connectivity index (χ4n) is 2.09. The molecule has 1 rings (SSSR count). The zero-order valence-corrected chi connectivity index (χ0v) is 10.8. The summed E-state index contributed by atoms with van der Waals surface area (Å²) in [4.78, 5) is 2.49. The van der Waals surface area contributed by atoms with E-state index in [9.17, 15) is 0 Å². The summed E-state index contributed by atoms with van der Waals surface area (Å²) in [5.41, 5.74) is 5.83. The molecule has 3 nitrogen and oxygen atoms in total. The number of thioether (sulfide) groups is 1. The Balaban J connectivity index is 2.25. The Bertz CT molecular complexity index is 169. The highest BCUT2D eigenvalue weighted by molar-refractivity contribution is 7.99. The average molecular weight is 232 g/mol. The molecule has 1 saturated heterocycles. The van der Waals surface area contributed by atoms with E-state index in [4.69, 9.17) is 10.5 Å². The maximum absolute atomic E-state index is 5.83. The predicted molar refractivity (Wildman–Crippen MR) is 67.4 cm³/mol. The SMILES string of the molecule is CCSCCC(CN)N1CCC(OC)C1. The third kappa shape index (κ3) is 4.31. The molecule has 2 unspecified atom stereocenters. The maximum Gasteiger partial charge on any atom is 0.0710 e. The van der Waals surface area contributed by atoms with Crippen molar-refractivity contribution in [3.8, 4) is 0 Å². The van der Waals surface area contributed by atoms with Gasteiger partial charge < -0.3 is 10.5 Å². The summed E-state index contributed by atoms with van der Waals surface area (Å²) in [5, 5.41) is 0. The molecule has 1 aliphatic heterocycles. The van der Waals surface area contributed by atoms with Gasteiger partial charge in [-0.2, -0.15) is 11.8 Å². The van der Waals surface area contributed by atoms with Crippen molar-refractivity contribution in [1.29, 1.82) is 0 Å². The van der Waals surface area contributed by atoms with Crippen LogP contribution in [0.25, 0.3) is 0 Å². The summed E-state index contributed by atoms with van der Waals surface area (Å²) in [6.07, 6.45) is 2.80. The van der Waals surface area contributed by atoms with Gasteiger partial charge in [-0.05, 0) is 24.3 Å². The molecule has 1 heterocycles. The Morgan fingerprint density at radius 1 is 1.60 bits per heavy atom. The van der Waals surface area contributed by atoms with Crippen LogP contribution >= 0.6 is 11.8 Å². The molecular formula is C11H24N2OS. The lowest BCUT2D eigenvalue weighted by molar-refractivity contribution is 0.101. The zero-order chi connectivity index (χ0) is 11.1. The molecule has 2 N–H and O–H groups in total. The third-order valence-corrected chi connectivity index (χ3v) is 4.03. The minimum absolute atomic E-state index is 0.429. The standard InChI is InChI=1S/C11H24N2OS/c1-3-15-7-5-10(8-12)13-6-4-11(9-13)14-2/h10-11H,3-9,12H2,1-2H3. The normalized spacial score (nSPS) is 24.6. The van der Waals surface area contributed by atoms with E-state index < -0.39 is 0 Å². The van der Waals surface area contributed by atoms with E-state index in [-0.39, 0.29) is 0 Å². The Kier molecular flexibility index (Phi) is 6.64. The number of likely N-dealkylation sites (tertiary alicyclic amines) is 1. The topological polar surface area (TPSA) is 38.5 Å². The maximum atomic E-state index is 5.83. The summed E-state index contributed by atoms with van der Waals surface area (Å²) in [7, 11) is 1.80. The highest BCUT2D eigenvalue weighted by Crippen LogP contribution is 2.17. The van der Waals surface area contributed by atoms with Gasteiger partial charge in [-0.3, -0.25) is 4.90 Å². The van der Waals surface area contributed by atoms with E-state index in [1.807, 2.05) is 11.8 Å². The molecule has 1 fully saturated rings. The molecule has 15 heavy (non-hydrogen) atoms. The van der Waals surface area contributed by atoms with Crippen LogP contribution in [-0.4, -0.2) is 55.3 Å². The highest BCUT2D eigenvalue weighted by atomic mass is 32.2. The van der Waals surface area contributed by atoms with Crippen molar-refractivity contribution in [1.82, 2.24) is 4.90 Å². The zero-order valence-electron chi connectivity index (χ0n) is 9.95. The van der Waals surface area contributed by atoms with Gasteiger partial charge in [0.2, 0.25) is 0 Å². The second-order valence-electron chi connectivity index (χ2n) is 4.02. The van der Waals surface area contributed by atoms with Gasteiger partial charge in [0.05, 0.1) is 6.10 Å². The molecule has 2 atom stereocenters.